The molecule has 5 nitrogen and oxygen atoms in total. The number of rotatable bonds is 9. The minimum absolute atomic E-state index is 0.0362. The van der Waals surface area contributed by atoms with Crippen molar-refractivity contribution in [2.45, 2.75) is 97.9 Å². The number of hydrogen-bond acceptors (Lipinski definition) is 5. The maximum atomic E-state index is 14.5. The van der Waals surface area contributed by atoms with Gasteiger partial charge in [-0.05, 0) is 88.8 Å². The summed E-state index contributed by atoms with van der Waals surface area (Å²) in [4.78, 5) is -0.260. The molecule has 1 atom stereocenters. The highest BCUT2D eigenvalue weighted by Crippen LogP contribution is 2.55. The van der Waals surface area contributed by atoms with Crippen LogP contribution in [0.2, 0.25) is 0 Å². The third kappa shape index (κ3) is 7.22. The molecule has 0 amide bonds. The van der Waals surface area contributed by atoms with Gasteiger partial charge < -0.3 is 9.29 Å². The van der Waals surface area contributed by atoms with Gasteiger partial charge in [-0.15, -0.1) is 4.72 Å². The van der Waals surface area contributed by atoms with Crippen LogP contribution >= 0.6 is 0 Å². The van der Waals surface area contributed by atoms with Gasteiger partial charge in [0.2, 0.25) is 0 Å². The minimum atomic E-state index is -5.94. The van der Waals surface area contributed by atoms with E-state index in [2.05, 4.69) is 4.72 Å². The fraction of sp³-hybridized carbons (Fsp3) is 0.455. The first kappa shape index (κ1) is 37.2. The SMILES string of the molecule is CC1(N[S@@+]([O-])C(C)(C)C)CCC(c2ccc(C(OCc3ccccc3)(C(F)(F)F)C(F)(F)F)cc2)(S(=O)(=O)c2ccc(F)cc2)CC1. The molecule has 0 bridgehead atoms. The molecule has 1 fully saturated rings. The van der Waals surface area contributed by atoms with Crippen molar-refractivity contribution in [1.82, 2.24) is 4.72 Å². The summed E-state index contributed by atoms with van der Waals surface area (Å²) in [7, 11) is -4.40. The van der Waals surface area contributed by atoms with E-state index in [1.54, 1.807) is 33.8 Å². The van der Waals surface area contributed by atoms with Gasteiger partial charge in [0.25, 0.3) is 5.60 Å². The fourth-order valence-electron chi connectivity index (χ4n) is 5.75. The van der Waals surface area contributed by atoms with Gasteiger partial charge in [-0.25, -0.2) is 12.8 Å². The van der Waals surface area contributed by atoms with Crippen molar-refractivity contribution in [3.63, 3.8) is 0 Å². The van der Waals surface area contributed by atoms with Gasteiger partial charge in [-0.2, -0.15) is 26.3 Å². The number of nitrogens with one attached hydrogen (secondary N) is 1. The van der Waals surface area contributed by atoms with Crippen LogP contribution in [0, 0.1) is 5.82 Å². The maximum absolute atomic E-state index is 14.5. The first-order valence-electron chi connectivity index (χ1n) is 14.7. The lowest BCUT2D eigenvalue weighted by Crippen LogP contribution is -2.56. The van der Waals surface area contributed by atoms with Crippen LogP contribution in [0.3, 0.4) is 0 Å². The quantitative estimate of drug-likeness (QED) is 0.137. The summed E-state index contributed by atoms with van der Waals surface area (Å²) < 4.78 is 148. The first-order chi connectivity index (χ1) is 21.6. The molecule has 1 aliphatic carbocycles. The third-order valence-corrected chi connectivity index (χ3v) is 13.0. The van der Waals surface area contributed by atoms with E-state index >= 15 is 0 Å². The van der Waals surface area contributed by atoms with E-state index in [1.807, 2.05) is 0 Å². The Morgan fingerprint density at radius 1 is 0.809 bits per heavy atom. The average Bonchev–Trinajstić information content (AvgIpc) is 2.97. The zero-order chi connectivity index (χ0) is 35.1. The molecule has 1 N–H and O–H groups in total. The Kier molecular flexibility index (Phi) is 10.3. The second-order valence-electron chi connectivity index (χ2n) is 13.0. The van der Waals surface area contributed by atoms with Gasteiger partial charge in [0.1, 0.15) is 15.3 Å². The van der Waals surface area contributed by atoms with E-state index in [-0.39, 0.29) is 41.7 Å². The standard InChI is InChI=1S/C33H36F7NO4S2/c1-28(2,3)46(42)41-29(4)18-20-30(21-19-29,47(43,44)27-16-14-26(34)15-17-27)24-10-12-25(13-11-24)31(32(35,36)37,33(38,39)40)45-22-23-8-6-5-7-9-23/h5-17,41H,18-22H2,1-4H3/t29?,30?,46-/m0/s1. The Labute approximate surface area is 273 Å². The smallest absolute Gasteiger partial charge is 0.430 e. The number of alkyl halides is 6. The summed E-state index contributed by atoms with van der Waals surface area (Å²) in [5, 5.41) is 0. The van der Waals surface area contributed by atoms with Crippen molar-refractivity contribution < 1.29 is 48.4 Å². The Morgan fingerprint density at radius 2 is 1.32 bits per heavy atom. The Morgan fingerprint density at radius 3 is 1.79 bits per heavy atom. The lowest BCUT2D eigenvalue weighted by atomic mass is 9.74. The number of benzene rings is 3. The van der Waals surface area contributed by atoms with Gasteiger partial charge in [0, 0.05) is 16.9 Å². The molecule has 3 aromatic carbocycles. The molecular formula is C33H36F7NO4S2. The monoisotopic (exact) mass is 707 g/mol. The molecular weight excluding hydrogens is 671 g/mol. The average molecular weight is 708 g/mol. The molecule has 0 saturated heterocycles. The van der Waals surface area contributed by atoms with Gasteiger partial charge >= 0.3 is 12.4 Å². The van der Waals surface area contributed by atoms with E-state index in [0.29, 0.717) is 12.1 Å². The van der Waals surface area contributed by atoms with Crippen LogP contribution in [-0.4, -0.2) is 35.6 Å². The summed E-state index contributed by atoms with van der Waals surface area (Å²) in [6.45, 7) is 6.06. The van der Waals surface area contributed by atoms with E-state index in [0.717, 1.165) is 36.4 Å². The molecule has 47 heavy (non-hydrogen) atoms. The van der Waals surface area contributed by atoms with E-state index in [4.69, 9.17) is 4.74 Å². The van der Waals surface area contributed by atoms with Crippen molar-refractivity contribution >= 4 is 21.2 Å². The maximum Gasteiger partial charge on any atom is 0.430 e. The van der Waals surface area contributed by atoms with Crippen LogP contribution in [0.1, 0.15) is 70.1 Å². The molecule has 1 aliphatic rings. The van der Waals surface area contributed by atoms with E-state index in [1.165, 1.54) is 24.3 Å². The normalized spacial score (nSPS) is 22.2. The summed E-state index contributed by atoms with van der Waals surface area (Å²) in [6, 6.07) is 14.3. The van der Waals surface area contributed by atoms with Crippen molar-refractivity contribution in [2.24, 2.45) is 0 Å². The topological polar surface area (TPSA) is 78.5 Å². The third-order valence-electron chi connectivity index (χ3n) is 8.61. The van der Waals surface area contributed by atoms with Gasteiger partial charge in [0.05, 0.1) is 17.0 Å². The van der Waals surface area contributed by atoms with Crippen molar-refractivity contribution in [2.75, 3.05) is 0 Å². The first-order valence-corrected chi connectivity index (χ1v) is 17.3. The molecule has 14 heteroatoms. The van der Waals surface area contributed by atoms with Gasteiger partial charge in [-0.3, -0.25) is 0 Å². The summed E-state index contributed by atoms with van der Waals surface area (Å²) >= 11 is -1.52. The number of ether oxygens (including phenoxy) is 1. The molecule has 258 valence electrons. The van der Waals surface area contributed by atoms with Crippen LogP contribution in [-0.2, 0) is 42.9 Å². The number of hydrogen-bond donors (Lipinski definition) is 1. The highest BCUT2D eigenvalue weighted by atomic mass is 32.2. The van der Waals surface area contributed by atoms with Crippen LogP contribution in [0.4, 0.5) is 30.7 Å². The summed E-state index contributed by atoms with van der Waals surface area (Å²) in [6.07, 6.45) is -11.8. The molecule has 3 aromatic rings. The molecule has 0 heterocycles. The molecule has 1 saturated carbocycles. The van der Waals surface area contributed by atoms with Crippen LogP contribution in [0.15, 0.2) is 83.8 Å². The lowest BCUT2D eigenvalue weighted by molar-refractivity contribution is -0.392. The van der Waals surface area contributed by atoms with Gasteiger partial charge in [-0.1, -0.05) is 54.6 Å². The van der Waals surface area contributed by atoms with E-state index in [9.17, 15) is 43.7 Å². The number of sulfone groups is 1. The highest BCUT2D eigenvalue weighted by molar-refractivity contribution is 7.92. The molecule has 0 unspecified atom stereocenters. The second kappa shape index (κ2) is 13.0. The van der Waals surface area contributed by atoms with E-state index < -0.39 is 72.2 Å². The van der Waals surface area contributed by atoms with Crippen LogP contribution in [0.25, 0.3) is 0 Å². The van der Waals surface area contributed by atoms with Gasteiger partial charge in [0.15, 0.2) is 9.84 Å². The lowest BCUT2D eigenvalue weighted by Gasteiger charge is -2.45. The molecule has 0 radical (unpaired) electrons. The summed E-state index contributed by atoms with van der Waals surface area (Å²) in [5.74, 6) is -0.696. The van der Waals surface area contributed by atoms with Crippen LogP contribution < -0.4 is 4.72 Å². The zero-order valence-corrected chi connectivity index (χ0v) is 27.8. The molecule has 4 rings (SSSR count). The van der Waals surface area contributed by atoms with Crippen molar-refractivity contribution in [1.29, 1.82) is 0 Å². The van der Waals surface area contributed by atoms with Crippen LogP contribution in [0.5, 0.6) is 0 Å². The summed E-state index contributed by atoms with van der Waals surface area (Å²) in [5.41, 5.74) is -6.74. The molecule has 0 spiro atoms. The zero-order valence-electron chi connectivity index (χ0n) is 26.1. The predicted octanol–water partition coefficient (Wildman–Crippen LogP) is 8.42. The molecule has 0 aromatic heterocycles. The van der Waals surface area contributed by atoms with Crippen molar-refractivity contribution in [3.05, 3.63) is 101 Å². The predicted molar refractivity (Wildman–Crippen MR) is 165 cm³/mol. The largest absolute Gasteiger partial charge is 0.598 e. The second-order valence-corrected chi connectivity index (χ2v) is 17.2. The Hall–Kier alpha value is -2.65. The molecule has 0 aliphatic heterocycles. The number of halogens is 7. The Bertz CT molecular complexity index is 1600. The highest BCUT2D eigenvalue weighted by Gasteiger charge is 2.73. The fourth-order valence-corrected chi connectivity index (χ4v) is 8.84. The Balaban J connectivity index is 1.81. The minimum Gasteiger partial charge on any atom is -0.598 e. The van der Waals surface area contributed by atoms with Crippen molar-refractivity contribution in [3.8, 4) is 0 Å².